The van der Waals surface area contributed by atoms with Gasteiger partial charge in [0.25, 0.3) is 11.8 Å². The van der Waals surface area contributed by atoms with E-state index in [-0.39, 0.29) is 18.8 Å². The molecule has 2 atom stereocenters. The van der Waals surface area contributed by atoms with Crippen molar-refractivity contribution in [2.24, 2.45) is 5.92 Å². The second-order valence-corrected chi connectivity index (χ2v) is 6.93. The zero-order valence-electron chi connectivity index (χ0n) is 15.3. The molecule has 0 saturated carbocycles. The molecule has 1 aromatic heterocycles. The van der Waals surface area contributed by atoms with Crippen LogP contribution in [0.4, 0.5) is 10.5 Å². The van der Waals surface area contributed by atoms with Crippen LogP contribution in [0.2, 0.25) is 0 Å². The quantitative estimate of drug-likeness (QED) is 0.573. The summed E-state index contributed by atoms with van der Waals surface area (Å²) in [5.41, 5.74) is 0.902. The molecule has 0 aliphatic carbocycles. The molecule has 10 nitrogen and oxygen atoms in total. The van der Waals surface area contributed by atoms with Crippen LogP contribution in [-0.2, 0) is 9.59 Å². The monoisotopic (exact) mass is 397 g/mol. The molecule has 2 unspecified atom stereocenters. The van der Waals surface area contributed by atoms with Gasteiger partial charge in [-0.25, -0.2) is 9.78 Å². The van der Waals surface area contributed by atoms with Gasteiger partial charge in [-0.3, -0.25) is 9.59 Å². The van der Waals surface area contributed by atoms with Gasteiger partial charge >= 0.3 is 6.09 Å². The number of aliphatic hydroxyl groups is 1. The number of nitrogens with one attached hydrogen (secondary N) is 2. The smallest absolute Gasteiger partial charge is 0.407 e. The number of anilines is 1. The predicted molar refractivity (Wildman–Crippen MR) is 101 cm³/mol. The van der Waals surface area contributed by atoms with Crippen molar-refractivity contribution >= 4 is 23.6 Å². The van der Waals surface area contributed by atoms with E-state index >= 15 is 0 Å². The lowest BCUT2D eigenvalue weighted by Crippen LogP contribution is -2.56. The summed E-state index contributed by atoms with van der Waals surface area (Å²) < 4.78 is 1.80. The van der Waals surface area contributed by atoms with Gasteiger partial charge in [0.05, 0.1) is 12.2 Å². The van der Waals surface area contributed by atoms with Crippen molar-refractivity contribution in [2.75, 3.05) is 18.4 Å². The maximum absolute atomic E-state index is 12.7. The Morgan fingerprint density at radius 1 is 1.24 bits per heavy atom. The third kappa shape index (κ3) is 3.51. The summed E-state index contributed by atoms with van der Waals surface area (Å²) in [6.45, 7) is 0.275. The topological polar surface area (TPSA) is 137 Å². The highest BCUT2D eigenvalue weighted by atomic mass is 16.4. The molecule has 29 heavy (non-hydrogen) atoms. The van der Waals surface area contributed by atoms with E-state index < -0.39 is 35.4 Å². The molecule has 1 fully saturated rings. The lowest BCUT2D eigenvalue weighted by molar-refractivity contribution is -0.124. The van der Waals surface area contributed by atoms with Crippen LogP contribution in [0.3, 0.4) is 0 Å². The summed E-state index contributed by atoms with van der Waals surface area (Å²) in [6.07, 6.45) is 4.35. The average molecular weight is 397 g/mol. The predicted octanol–water partition coefficient (Wildman–Crippen LogP) is 1.12. The van der Waals surface area contributed by atoms with E-state index in [2.05, 4.69) is 15.6 Å². The number of piperidine rings is 1. The maximum Gasteiger partial charge on any atom is 0.407 e. The van der Waals surface area contributed by atoms with Crippen molar-refractivity contribution in [3.8, 4) is 5.69 Å². The number of carboxylic acid groups (broad SMARTS) is 1. The van der Waals surface area contributed by atoms with Crippen LogP contribution in [0.5, 0.6) is 0 Å². The van der Waals surface area contributed by atoms with Crippen molar-refractivity contribution in [1.29, 1.82) is 0 Å². The van der Waals surface area contributed by atoms with E-state index in [9.17, 15) is 24.6 Å². The van der Waals surface area contributed by atoms with Crippen molar-refractivity contribution in [2.45, 2.75) is 12.5 Å². The first-order valence-electron chi connectivity index (χ1n) is 9.05. The zero-order valence-corrected chi connectivity index (χ0v) is 15.3. The van der Waals surface area contributed by atoms with E-state index in [0.717, 1.165) is 5.69 Å². The first-order chi connectivity index (χ1) is 13.9. The molecule has 4 rings (SSSR count). The van der Waals surface area contributed by atoms with Gasteiger partial charge in [0.1, 0.15) is 11.3 Å². The number of amides is 3. The number of likely N-dealkylation sites (tertiary alicyclic amines) is 1. The summed E-state index contributed by atoms with van der Waals surface area (Å²) in [7, 11) is 0. The van der Waals surface area contributed by atoms with Gasteiger partial charge in [0, 0.05) is 42.9 Å². The average Bonchev–Trinajstić information content (AvgIpc) is 3.23. The molecule has 150 valence electrons. The number of carbonyl (C=O) groups excluding carboxylic acids is 2. The molecular weight excluding hydrogens is 378 g/mol. The van der Waals surface area contributed by atoms with Crippen LogP contribution in [-0.4, -0.2) is 61.7 Å². The highest BCUT2D eigenvalue weighted by molar-refractivity contribution is 6.23. The van der Waals surface area contributed by atoms with E-state index in [1.807, 2.05) is 0 Å². The molecule has 3 amide bonds. The van der Waals surface area contributed by atoms with Gasteiger partial charge in [-0.05, 0) is 30.7 Å². The fraction of sp³-hybridized carbons (Fsp3) is 0.263. The standard InChI is InChI=1S/C19H19N5O5/c25-16-13-9-23(19(28)29)7-5-14(13)22-18(27)15(16)17(26)21-11-1-3-12(4-2-11)24-8-6-20-10-24/h1-4,6,8,10,13-14,25H,5,7,9H2,(H,21,26)(H,22,27)(H,28,29). The Labute approximate surface area is 165 Å². The van der Waals surface area contributed by atoms with Crippen LogP contribution in [0.15, 0.2) is 54.3 Å². The zero-order chi connectivity index (χ0) is 20.5. The van der Waals surface area contributed by atoms with Crippen LogP contribution in [0.25, 0.3) is 5.69 Å². The van der Waals surface area contributed by atoms with Gasteiger partial charge in [-0.2, -0.15) is 0 Å². The minimum Gasteiger partial charge on any atom is -0.511 e. The van der Waals surface area contributed by atoms with Crippen LogP contribution < -0.4 is 10.6 Å². The van der Waals surface area contributed by atoms with Gasteiger partial charge in [-0.1, -0.05) is 0 Å². The highest BCUT2D eigenvalue weighted by Crippen LogP contribution is 2.29. The number of rotatable bonds is 3. The molecule has 3 heterocycles. The first kappa shape index (κ1) is 18.5. The van der Waals surface area contributed by atoms with Crippen LogP contribution in [0, 0.1) is 5.92 Å². The van der Waals surface area contributed by atoms with Gasteiger partial charge in [0.2, 0.25) is 0 Å². The Morgan fingerprint density at radius 2 is 2.00 bits per heavy atom. The molecule has 1 saturated heterocycles. The minimum atomic E-state index is -1.10. The summed E-state index contributed by atoms with van der Waals surface area (Å²) in [5.74, 6) is -2.44. The molecular formula is C19H19N5O5. The normalized spacial score (nSPS) is 21.4. The van der Waals surface area contributed by atoms with Crippen LogP contribution in [0.1, 0.15) is 6.42 Å². The number of hydrogen-bond donors (Lipinski definition) is 4. The second-order valence-electron chi connectivity index (χ2n) is 6.93. The molecule has 2 aromatic rings. The highest BCUT2D eigenvalue weighted by Gasteiger charge is 2.42. The third-order valence-corrected chi connectivity index (χ3v) is 5.19. The summed E-state index contributed by atoms with van der Waals surface area (Å²) >= 11 is 0. The third-order valence-electron chi connectivity index (χ3n) is 5.19. The fourth-order valence-corrected chi connectivity index (χ4v) is 3.66. The number of nitrogens with zero attached hydrogens (tertiary/aromatic N) is 3. The SMILES string of the molecule is O=C(Nc1ccc(-n2ccnc2)cc1)C1=C(O)C2CN(C(=O)O)CCC2NC1=O. The van der Waals surface area contributed by atoms with E-state index in [1.54, 1.807) is 47.6 Å². The number of fused-ring (bicyclic) bond motifs is 1. The lowest BCUT2D eigenvalue weighted by atomic mass is 9.85. The fourth-order valence-electron chi connectivity index (χ4n) is 3.66. The number of aliphatic hydroxyl groups excluding tert-OH is 1. The van der Waals surface area contributed by atoms with E-state index in [1.165, 1.54) is 4.90 Å². The molecule has 4 N–H and O–H groups in total. The van der Waals surface area contributed by atoms with Crippen molar-refractivity contribution < 1.29 is 24.6 Å². The van der Waals surface area contributed by atoms with Gasteiger partial charge in [-0.15, -0.1) is 0 Å². The van der Waals surface area contributed by atoms with Crippen molar-refractivity contribution in [1.82, 2.24) is 19.8 Å². The van der Waals surface area contributed by atoms with E-state index in [4.69, 9.17) is 0 Å². The number of imidazole rings is 1. The second kappa shape index (κ2) is 7.30. The molecule has 1 aromatic carbocycles. The van der Waals surface area contributed by atoms with Crippen molar-refractivity contribution in [3.05, 3.63) is 54.3 Å². The molecule has 2 aliphatic heterocycles. The largest absolute Gasteiger partial charge is 0.511 e. The molecule has 0 spiro atoms. The Balaban J connectivity index is 1.53. The van der Waals surface area contributed by atoms with Crippen LogP contribution >= 0.6 is 0 Å². The molecule has 2 aliphatic rings. The maximum atomic E-state index is 12.7. The molecule has 10 heteroatoms. The number of benzene rings is 1. The van der Waals surface area contributed by atoms with Gasteiger partial charge in [0.15, 0.2) is 0 Å². The lowest BCUT2D eigenvalue weighted by Gasteiger charge is -2.40. The molecule has 0 bridgehead atoms. The number of hydrogen-bond acceptors (Lipinski definition) is 5. The Hall–Kier alpha value is -3.82. The Morgan fingerprint density at radius 3 is 2.66 bits per heavy atom. The summed E-state index contributed by atoms with van der Waals surface area (Å²) in [6, 6.07) is 6.48. The Bertz CT molecular complexity index is 983. The van der Waals surface area contributed by atoms with E-state index in [0.29, 0.717) is 12.1 Å². The minimum absolute atomic E-state index is 0.0164. The number of aromatic nitrogens is 2. The summed E-state index contributed by atoms with van der Waals surface area (Å²) in [5, 5.41) is 25.1. The van der Waals surface area contributed by atoms with Crippen molar-refractivity contribution in [3.63, 3.8) is 0 Å². The first-order valence-corrected chi connectivity index (χ1v) is 9.05. The summed E-state index contributed by atoms with van der Waals surface area (Å²) in [4.78, 5) is 41.4. The molecule has 0 radical (unpaired) electrons. The van der Waals surface area contributed by atoms with Gasteiger partial charge < -0.3 is 30.3 Å². The number of carbonyl (C=O) groups is 3. The Kier molecular flexibility index (Phi) is 4.67.